The second-order valence-electron chi connectivity index (χ2n) is 4.59. The average molecular weight is 320 g/mol. The maximum atomic E-state index is 5.75. The largest absolute Gasteiger partial charge is 0.490 e. The molecule has 0 radical (unpaired) electrons. The summed E-state index contributed by atoms with van der Waals surface area (Å²) in [5.74, 6) is 1.48. The Morgan fingerprint density at radius 2 is 2.18 bits per heavy atom. The van der Waals surface area contributed by atoms with E-state index in [0.29, 0.717) is 18.0 Å². The Morgan fingerprint density at radius 3 is 2.86 bits per heavy atom. The monoisotopic (exact) mass is 320 g/mol. The number of rotatable bonds is 8. The van der Waals surface area contributed by atoms with Crippen molar-refractivity contribution in [3.63, 3.8) is 0 Å². The van der Waals surface area contributed by atoms with E-state index in [2.05, 4.69) is 22.2 Å². The van der Waals surface area contributed by atoms with Crippen LogP contribution < -0.4 is 9.47 Å². The van der Waals surface area contributed by atoms with Crippen LogP contribution in [0.25, 0.3) is 0 Å². The quantitative estimate of drug-likeness (QED) is 0.460. The molecular formula is C15H20N4O2S. The summed E-state index contributed by atoms with van der Waals surface area (Å²) >= 11 is 5.03. The number of H-pyrrole nitrogens is 1. The van der Waals surface area contributed by atoms with Crippen LogP contribution in [-0.2, 0) is 0 Å². The van der Waals surface area contributed by atoms with Crippen molar-refractivity contribution in [1.29, 1.82) is 0 Å². The summed E-state index contributed by atoms with van der Waals surface area (Å²) in [6.07, 6.45) is 5.34. The van der Waals surface area contributed by atoms with Gasteiger partial charge in [-0.15, -0.1) is 0 Å². The third kappa shape index (κ3) is 4.42. The van der Waals surface area contributed by atoms with E-state index in [9.17, 15) is 0 Å². The first-order chi connectivity index (χ1) is 10.7. The summed E-state index contributed by atoms with van der Waals surface area (Å²) in [5, 5.41) is 10.7. The van der Waals surface area contributed by atoms with Gasteiger partial charge in [0.05, 0.1) is 19.4 Å². The van der Waals surface area contributed by atoms with Crippen LogP contribution in [0.2, 0.25) is 0 Å². The van der Waals surface area contributed by atoms with Crippen molar-refractivity contribution in [1.82, 2.24) is 14.9 Å². The molecule has 6 nitrogen and oxygen atoms in total. The van der Waals surface area contributed by atoms with Gasteiger partial charge in [-0.1, -0.05) is 13.3 Å². The molecule has 0 spiro atoms. The topological polar surface area (TPSA) is 64.4 Å². The molecule has 0 amide bonds. The molecule has 0 atom stereocenters. The number of nitrogens with zero attached hydrogens (tertiary/aromatic N) is 3. The molecule has 2 rings (SSSR count). The predicted molar refractivity (Wildman–Crippen MR) is 88.4 cm³/mol. The van der Waals surface area contributed by atoms with Gasteiger partial charge in [-0.25, -0.2) is 0 Å². The van der Waals surface area contributed by atoms with Crippen molar-refractivity contribution >= 4 is 18.4 Å². The predicted octanol–water partition coefficient (Wildman–Crippen LogP) is 3.40. The summed E-state index contributed by atoms with van der Waals surface area (Å²) in [7, 11) is 0. The minimum absolute atomic E-state index is 0.445. The van der Waals surface area contributed by atoms with E-state index < -0.39 is 0 Å². The van der Waals surface area contributed by atoms with Gasteiger partial charge in [0.25, 0.3) is 0 Å². The van der Waals surface area contributed by atoms with Crippen LogP contribution in [0.4, 0.5) is 0 Å². The summed E-state index contributed by atoms with van der Waals surface area (Å²) in [6, 6.07) is 5.73. The number of aromatic nitrogens is 3. The highest BCUT2D eigenvalue weighted by Crippen LogP contribution is 2.28. The Bertz CT molecular complexity index is 678. The van der Waals surface area contributed by atoms with Gasteiger partial charge in [-0.3, -0.25) is 5.10 Å². The molecule has 2 aromatic rings. The second-order valence-corrected chi connectivity index (χ2v) is 4.98. The highest BCUT2D eigenvalue weighted by Gasteiger charge is 2.05. The third-order valence-corrected chi connectivity index (χ3v) is 3.17. The van der Waals surface area contributed by atoms with E-state index in [0.717, 1.165) is 29.9 Å². The van der Waals surface area contributed by atoms with Gasteiger partial charge in [0, 0.05) is 0 Å². The van der Waals surface area contributed by atoms with E-state index in [1.807, 2.05) is 25.1 Å². The lowest BCUT2D eigenvalue weighted by Crippen LogP contribution is -2.01. The van der Waals surface area contributed by atoms with E-state index in [1.54, 1.807) is 6.21 Å². The van der Waals surface area contributed by atoms with Crippen LogP contribution in [0.15, 0.2) is 29.6 Å². The number of nitrogens with one attached hydrogen (secondary N) is 1. The summed E-state index contributed by atoms with van der Waals surface area (Å²) in [4.78, 5) is 0. The van der Waals surface area contributed by atoms with Gasteiger partial charge in [-0.05, 0) is 49.3 Å². The van der Waals surface area contributed by atoms with E-state index >= 15 is 0 Å². The Morgan fingerprint density at radius 1 is 1.32 bits per heavy atom. The summed E-state index contributed by atoms with van der Waals surface area (Å²) < 4.78 is 13.3. The standard InChI is InChI=1S/C15H20N4O2S/c1-3-5-8-21-13-7-6-12(9-14(13)20-4-2)10-17-19-11-16-18-15(19)22/h6-7,9-11H,3-5,8H2,1-2H3,(H,18,22)/b17-10-. The highest BCUT2D eigenvalue weighted by molar-refractivity contribution is 7.71. The van der Waals surface area contributed by atoms with Crippen LogP contribution in [0.3, 0.4) is 0 Å². The van der Waals surface area contributed by atoms with Gasteiger partial charge in [0.2, 0.25) is 4.77 Å². The molecule has 0 aliphatic carbocycles. The zero-order valence-corrected chi connectivity index (χ0v) is 13.6. The molecule has 1 heterocycles. The maximum Gasteiger partial charge on any atom is 0.216 e. The summed E-state index contributed by atoms with van der Waals surface area (Å²) in [5.41, 5.74) is 0.898. The van der Waals surface area contributed by atoms with Gasteiger partial charge in [-0.2, -0.15) is 14.9 Å². The van der Waals surface area contributed by atoms with E-state index in [1.165, 1.54) is 11.0 Å². The van der Waals surface area contributed by atoms with Crippen LogP contribution >= 0.6 is 12.2 Å². The molecule has 1 aromatic heterocycles. The number of aromatic amines is 1. The summed E-state index contributed by atoms with van der Waals surface area (Å²) in [6.45, 7) is 5.35. The number of hydrogen-bond acceptors (Lipinski definition) is 5. The molecule has 118 valence electrons. The third-order valence-electron chi connectivity index (χ3n) is 2.89. The fourth-order valence-electron chi connectivity index (χ4n) is 1.77. The lowest BCUT2D eigenvalue weighted by molar-refractivity contribution is 0.272. The van der Waals surface area contributed by atoms with Crippen LogP contribution in [0.5, 0.6) is 11.5 Å². The molecule has 7 heteroatoms. The Kier molecular flexibility index (Phi) is 6.14. The minimum atomic E-state index is 0.445. The number of benzene rings is 1. The average Bonchev–Trinajstić information content (AvgIpc) is 2.93. The van der Waals surface area contributed by atoms with Crippen molar-refractivity contribution in [2.24, 2.45) is 5.10 Å². The molecule has 0 aliphatic rings. The van der Waals surface area contributed by atoms with Gasteiger partial charge in [0.15, 0.2) is 11.5 Å². The van der Waals surface area contributed by atoms with Crippen molar-refractivity contribution in [2.45, 2.75) is 26.7 Å². The Labute approximate surface area is 134 Å². The second kappa shape index (κ2) is 8.33. The fraction of sp³-hybridized carbons (Fsp3) is 0.400. The smallest absolute Gasteiger partial charge is 0.216 e. The fourth-order valence-corrected chi connectivity index (χ4v) is 1.92. The van der Waals surface area contributed by atoms with Crippen LogP contribution in [-0.4, -0.2) is 34.3 Å². The minimum Gasteiger partial charge on any atom is -0.490 e. The van der Waals surface area contributed by atoms with Gasteiger partial charge < -0.3 is 9.47 Å². The molecule has 0 saturated carbocycles. The normalized spacial score (nSPS) is 11.0. The molecule has 0 saturated heterocycles. The lowest BCUT2D eigenvalue weighted by Gasteiger charge is -2.12. The first-order valence-corrected chi connectivity index (χ1v) is 7.71. The molecule has 1 aromatic carbocycles. The zero-order chi connectivity index (χ0) is 15.8. The highest BCUT2D eigenvalue weighted by atomic mass is 32.1. The van der Waals surface area contributed by atoms with Crippen molar-refractivity contribution in [2.75, 3.05) is 13.2 Å². The van der Waals surface area contributed by atoms with Crippen LogP contribution in [0, 0.1) is 4.77 Å². The number of unbranched alkanes of at least 4 members (excludes halogenated alkanes) is 1. The number of ether oxygens (including phenoxy) is 2. The lowest BCUT2D eigenvalue weighted by atomic mass is 10.2. The Balaban J connectivity index is 2.15. The van der Waals surface area contributed by atoms with Gasteiger partial charge in [0.1, 0.15) is 6.33 Å². The van der Waals surface area contributed by atoms with Crippen molar-refractivity contribution in [3.05, 3.63) is 34.9 Å². The van der Waals surface area contributed by atoms with Crippen LogP contribution in [0.1, 0.15) is 32.3 Å². The zero-order valence-electron chi connectivity index (χ0n) is 12.8. The molecule has 1 N–H and O–H groups in total. The molecule has 0 fully saturated rings. The molecule has 0 bridgehead atoms. The maximum absolute atomic E-state index is 5.75. The van der Waals surface area contributed by atoms with Crippen molar-refractivity contribution < 1.29 is 9.47 Å². The first kappa shape index (κ1) is 16.2. The Hall–Kier alpha value is -2.15. The SMILES string of the molecule is CCCCOc1ccc(/C=N\n2cn[nH]c2=S)cc1OCC. The first-order valence-electron chi connectivity index (χ1n) is 7.30. The van der Waals surface area contributed by atoms with E-state index in [-0.39, 0.29) is 0 Å². The van der Waals surface area contributed by atoms with Gasteiger partial charge >= 0.3 is 0 Å². The molecule has 0 aliphatic heterocycles. The van der Waals surface area contributed by atoms with Crippen molar-refractivity contribution in [3.8, 4) is 11.5 Å². The number of hydrogen-bond donors (Lipinski definition) is 1. The molecule has 0 unspecified atom stereocenters. The molecular weight excluding hydrogens is 300 g/mol. The molecule has 22 heavy (non-hydrogen) atoms. The van der Waals surface area contributed by atoms with E-state index in [4.69, 9.17) is 21.7 Å².